The number of rotatable bonds is 4. The molecule has 1 aliphatic heterocycles. The molecule has 24 heavy (non-hydrogen) atoms. The summed E-state index contributed by atoms with van der Waals surface area (Å²) in [7, 11) is 1.61. The van der Waals surface area contributed by atoms with Gasteiger partial charge >= 0.3 is 0 Å². The Hall–Kier alpha value is -2.63. The summed E-state index contributed by atoms with van der Waals surface area (Å²) in [5, 5.41) is 2.86. The standard InChI is InChI=1S/C18H22N4O2/c1-13-19-16(12-17(20-13)22-10-4-3-5-11-22)18(23)21-14-6-8-15(24-2)9-7-14/h6-9,12H,3-5,10-11H2,1-2H3,(H,21,23). The summed E-state index contributed by atoms with van der Waals surface area (Å²) in [5.74, 6) is 1.96. The van der Waals surface area contributed by atoms with Crippen molar-refractivity contribution >= 4 is 17.4 Å². The van der Waals surface area contributed by atoms with E-state index in [2.05, 4.69) is 20.2 Å². The molecule has 0 saturated carbocycles. The zero-order chi connectivity index (χ0) is 16.9. The maximum atomic E-state index is 12.5. The molecule has 6 heteroatoms. The van der Waals surface area contributed by atoms with Gasteiger partial charge in [0.1, 0.15) is 23.1 Å². The molecular formula is C18H22N4O2. The minimum Gasteiger partial charge on any atom is -0.497 e. The largest absolute Gasteiger partial charge is 0.497 e. The van der Waals surface area contributed by atoms with Gasteiger partial charge in [0.15, 0.2) is 0 Å². The number of piperidine rings is 1. The maximum absolute atomic E-state index is 12.5. The van der Waals surface area contributed by atoms with Crippen molar-refractivity contribution in [2.75, 3.05) is 30.4 Å². The number of anilines is 2. The zero-order valence-electron chi connectivity index (χ0n) is 14.1. The van der Waals surface area contributed by atoms with Crippen molar-refractivity contribution in [1.82, 2.24) is 9.97 Å². The fourth-order valence-electron chi connectivity index (χ4n) is 2.82. The topological polar surface area (TPSA) is 67.3 Å². The minimum absolute atomic E-state index is 0.232. The highest BCUT2D eigenvalue weighted by atomic mass is 16.5. The smallest absolute Gasteiger partial charge is 0.274 e. The highest BCUT2D eigenvalue weighted by Crippen LogP contribution is 2.20. The van der Waals surface area contributed by atoms with Gasteiger partial charge in [-0.05, 0) is 50.5 Å². The fourth-order valence-corrected chi connectivity index (χ4v) is 2.82. The first-order chi connectivity index (χ1) is 11.7. The number of aryl methyl sites for hydroxylation is 1. The molecule has 1 fully saturated rings. The Morgan fingerprint density at radius 2 is 1.83 bits per heavy atom. The summed E-state index contributed by atoms with van der Waals surface area (Å²) in [6, 6.07) is 8.99. The third-order valence-electron chi connectivity index (χ3n) is 4.09. The molecular weight excluding hydrogens is 304 g/mol. The highest BCUT2D eigenvalue weighted by molar-refractivity contribution is 6.03. The van der Waals surface area contributed by atoms with Gasteiger partial charge < -0.3 is 15.0 Å². The van der Waals surface area contributed by atoms with Gasteiger partial charge in [-0.2, -0.15) is 0 Å². The number of hydrogen-bond donors (Lipinski definition) is 1. The summed E-state index contributed by atoms with van der Waals surface area (Å²) in [6.45, 7) is 3.78. The van der Waals surface area contributed by atoms with E-state index in [1.165, 1.54) is 6.42 Å². The van der Waals surface area contributed by atoms with Crippen molar-refractivity contribution < 1.29 is 9.53 Å². The van der Waals surface area contributed by atoms with Crippen LogP contribution in [0, 0.1) is 6.92 Å². The van der Waals surface area contributed by atoms with Crippen LogP contribution in [0.3, 0.4) is 0 Å². The molecule has 0 bridgehead atoms. The maximum Gasteiger partial charge on any atom is 0.274 e. The SMILES string of the molecule is COc1ccc(NC(=O)c2cc(N3CCCCC3)nc(C)n2)cc1. The first-order valence-corrected chi connectivity index (χ1v) is 8.22. The lowest BCUT2D eigenvalue weighted by Gasteiger charge is -2.28. The molecule has 3 rings (SSSR count). The summed E-state index contributed by atoms with van der Waals surface area (Å²) >= 11 is 0. The molecule has 126 valence electrons. The Morgan fingerprint density at radius 1 is 1.12 bits per heavy atom. The van der Waals surface area contributed by atoms with Crippen LogP contribution in [0.1, 0.15) is 35.6 Å². The number of amides is 1. The van der Waals surface area contributed by atoms with E-state index in [1.54, 1.807) is 37.4 Å². The average Bonchev–Trinajstić information content (AvgIpc) is 2.62. The summed E-state index contributed by atoms with van der Waals surface area (Å²) < 4.78 is 5.12. The number of nitrogens with zero attached hydrogens (tertiary/aromatic N) is 3. The van der Waals surface area contributed by atoms with Crippen molar-refractivity contribution in [3.63, 3.8) is 0 Å². The zero-order valence-corrected chi connectivity index (χ0v) is 14.1. The minimum atomic E-state index is -0.232. The Balaban J connectivity index is 1.77. The van der Waals surface area contributed by atoms with E-state index < -0.39 is 0 Å². The van der Waals surface area contributed by atoms with Gasteiger partial charge in [-0.25, -0.2) is 9.97 Å². The number of carbonyl (C=O) groups is 1. The van der Waals surface area contributed by atoms with Gasteiger partial charge in [0.25, 0.3) is 5.91 Å². The second kappa shape index (κ2) is 7.29. The van der Waals surface area contributed by atoms with E-state index in [-0.39, 0.29) is 5.91 Å². The van der Waals surface area contributed by atoms with Crippen LogP contribution in [0.25, 0.3) is 0 Å². The molecule has 1 aliphatic rings. The molecule has 2 aromatic rings. The van der Waals surface area contributed by atoms with Crippen LogP contribution < -0.4 is 15.0 Å². The second-order valence-electron chi connectivity index (χ2n) is 5.89. The lowest BCUT2D eigenvalue weighted by molar-refractivity contribution is 0.102. The van der Waals surface area contributed by atoms with Gasteiger partial charge in [-0.1, -0.05) is 0 Å². The number of hydrogen-bond acceptors (Lipinski definition) is 5. The Bertz CT molecular complexity index is 709. The van der Waals surface area contributed by atoms with E-state index in [9.17, 15) is 4.79 Å². The van der Waals surface area contributed by atoms with Gasteiger partial charge in [0.2, 0.25) is 0 Å². The molecule has 1 N–H and O–H groups in total. The molecule has 6 nitrogen and oxygen atoms in total. The number of carbonyl (C=O) groups excluding carboxylic acids is 1. The van der Waals surface area contributed by atoms with Crippen LogP contribution in [0.5, 0.6) is 5.75 Å². The Labute approximate surface area is 141 Å². The first-order valence-electron chi connectivity index (χ1n) is 8.22. The fraction of sp³-hybridized carbons (Fsp3) is 0.389. The van der Waals surface area contributed by atoms with Crippen LogP contribution in [-0.4, -0.2) is 36.1 Å². The molecule has 1 saturated heterocycles. The van der Waals surface area contributed by atoms with Crippen LogP contribution in [0.2, 0.25) is 0 Å². The van der Waals surface area contributed by atoms with Gasteiger partial charge in [-0.15, -0.1) is 0 Å². The Kier molecular flexibility index (Phi) is 4.93. The molecule has 0 radical (unpaired) electrons. The monoisotopic (exact) mass is 326 g/mol. The van der Waals surface area contributed by atoms with Crippen molar-refractivity contribution in [1.29, 1.82) is 0 Å². The molecule has 2 heterocycles. The number of methoxy groups -OCH3 is 1. The van der Waals surface area contributed by atoms with Crippen molar-refractivity contribution in [2.24, 2.45) is 0 Å². The first kappa shape index (κ1) is 16.2. The van der Waals surface area contributed by atoms with Crippen molar-refractivity contribution in [2.45, 2.75) is 26.2 Å². The molecule has 0 aliphatic carbocycles. The normalized spacial score (nSPS) is 14.3. The van der Waals surface area contributed by atoms with Gasteiger partial charge in [-0.3, -0.25) is 4.79 Å². The predicted octanol–water partition coefficient (Wildman–Crippen LogP) is 3.04. The number of nitrogens with one attached hydrogen (secondary N) is 1. The summed E-state index contributed by atoms with van der Waals surface area (Å²) in [4.78, 5) is 23.5. The second-order valence-corrected chi connectivity index (χ2v) is 5.89. The van der Waals surface area contributed by atoms with Gasteiger partial charge in [0, 0.05) is 24.8 Å². The molecule has 1 aromatic carbocycles. The van der Waals surface area contributed by atoms with Crippen molar-refractivity contribution in [3.8, 4) is 5.75 Å². The lowest BCUT2D eigenvalue weighted by Crippen LogP contribution is -2.31. The van der Waals surface area contributed by atoms with Crippen LogP contribution in [0.15, 0.2) is 30.3 Å². The average molecular weight is 326 g/mol. The predicted molar refractivity (Wildman–Crippen MR) is 93.8 cm³/mol. The number of ether oxygens (including phenoxy) is 1. The van der Waals surface area contributed by atoms with E-state index in [0.717, 1.165) is 37.5 Å². The highest BCUT2D eigenvalue weighted by Gasteiger charge is 2.16. The van der Waals surface area contributed by atoms with E-state index in [1.807, 2.05) is 6.92 Å². The molecule has 0 unspecified atom stereocenters. The van der Waals surface area contributed by atoms with Crippen LogP contribution in [-0.2, 0) is 0 Å². The molecule has 0 atom stereocenters. The lowest BCUT2D eigenvalue weighted by atomic mass is 10.1. The van der Waals surface area contributed by atoms with E-state index in [4.69, 9.17) is 4.74 Å². The molecule has 1 amide bonds. The third-order valence-corrected chi connectivity index (χ3v) is 4.09. The number of benzene rings is 1. The van der Waals surface area contributed by atoms with E-state index >= 15 is 0 Å². The van der Waals surface area contributed by atoms with Gasteiger partial charge in [0.05, 0.1) is 7.11 Å². The molecule has 0 spiro atoms. The summed E-state index contributed by atoms with van der Waals surface area (Å²) in [6.07, 6.45) is 3.58. The molecule has 1 aromatic heterocycles. The number of aromatic nitrogens is 2. The van der Waals surface area contributed by atoms with Crippen molar-refractivity contribution in [3.05, 3.63) is 41.9 Å². The van der Waals surface area contributed by atoms with Crippen LogP contribution in [0.4, 0.5) is 11.5 Å². The summed E-state index contributed by atoms with van der Waals surface area (Å²) in [5.41, 5.74) is 1.09. The quantitative estimate of drug-likeness (QED) is 0.935. The van der Waals surface area contributed by atoms with E-state index in [0.29, 0.717) is 17.2 Å². The van der Waals surface area contributed by atoms with Crippen LogP contribution >= 0.6 is 0 Å². The Morgan fingerprint density at radius 3 is 2.50 bits per heavy atom. The third kappa shape index (κ3) is 3.82.